The van der Waals surface area contributed by atoms with E-state index in [2.05, 4.69) is 17.0 Å². The van der Waals surface area contributed by atoms with Crippen molar-refractivity contribution in [1.29, 1.82) is 0 Å². The molecule has 4 heteroatoms. The Labute approximate surface area is 130 Å². The SMILES string of the molecule is CN(CCc1ccccc1)C(CN)c1cc(F)cc(Cl)c1. The van der Waals surface area contributed by atoms with Gasteiger partial charge in [-0.25, -0.2) is 4.39 Å². The molecule has 0 bridgehead atoms. The highest BCUT2D eigenvalue weighted by atomic mass is 35.5. The predicted octanol–water partition coefficient (Wildman–Crippen LogP) is 3.65. The Bertz CT molecular complexity index is 554. The fraction of sp³-hybridized carbons (Fsp3) is 0.294. The molecule has 0 aliphatic rings. The van der Waals surface area contributed by atoms with Gasteiger partial charge in [0.05, 0.1) is 0 Å². The van der Waals surface area contributed by atoms with Crippen molar-refractivity contribution in [2.24, 2.45) is 5.73 Å². The molecule has 0 saturated carbocycles. The number of benzene rings is 2. The van der Waals surface area contributed by atoms with E-state index < -0.39 is 0 Å². The normalized spacial score (nSPS) is 12.6. The van der Waals surface area contributed by atoms with E-state index in [9.17, 15) is 4.39 Å². The Kier molecular flexibility index (Phi) is 5.74. The average Bonchev–Trinajstić information content (AvgIpc) is 2.46. The highest BCUT2D eigenvalue weighted by molar-refractivity contribution is 6.30. The lowest BCUT2D eigenvalue weighted by Gasteiger charge is -2.27. The van der Waals surface area contributed by atoms with E-state index in [1.807, 2.05) is 25.2 Å². The summed E-state index contributed by atoms with van der Waals surface area (Å²) >= 11 is 5.93. The van der Waals surface area contributed by atoms with Gasteiger partial charge in [-0.1, -0.05) is 41.9 Å². The molecule has 0 saturated heterocycles. The van der Waals surface area contributed by atoms with Crippen LogP contribution in [-0.4, -0.2) is 25.0 Å². The molecule has 0 fully saturated rings. The second-order valence-electron chi connectivity index (χ2n) is 5.17. The lowest BCUT2D eigenvalue weighted by atomic mass is 10.0. The van der Waals surface area contributed by atoms with Gasteiger partial charge in [-0.3, -0.25) is 4.90 Å². The summed E-state index contributed by atoms with van der Waals surface area (Å²) in [6.45, 7) is 1.27. The van der Waals surface area contributed by atoms with Crippen LogP contribution in [0.25, 0.3) is 0 Å². The van der Waals surface area contributed by atoms with Gasteiger partial charge in [0.1, 0.15) is 5.82 Å². The first-order chi connectivity index (χ1) is 10.1. The van der Waals surface area contributed by atoms with E-state index in [1.165, 1.54) is 17.7 Å². The molecular weight excluding hydrogens is 287 g/mol. The fourth-order valence-electron chi connectivity index (χ4n) is 2.44. The maximum atomic E-state index is 13.5. The van der Waals surface area contributed by atoms with Gasteiger partial charge in [-0.05, 0) is 42.8 Å². The molecule has 2 nitrogen and oxygen atoms in total. The molecule has 1 atom stereocenters. The maximum Gasteiger partial charge on any atom is 0.125 e. The topological polar surface area (TPSA) is 29.3 Å². The van der Waals surface area contributed by atoms with Crippen LogP contribution < -0.4 is 5.73 Å². The summed E-state index contributed by atoms with van der Waals surface area (Å²) in [5.74, 6) is -0.326. The van der Waals surface area contributed by atoms with E-state index in [0.29, 0.717) is 11.6 Å². The van der Waals surface area contributed by atoms with Gasteiger partial charge in [0.15, 0.2) is 0 Å². The quantitative estimate of drug-likeness (QED) is 0.882. The first-order valence-corrected chi connectivity index (χ1v) is 7.38. The minimum atomic E-state index is -0.326. The second kappa shape index (κ2) is 7.55. The third-order valence-corrected chi connectivity index (χ3v) is 3.84. The lowest BCUT2D eigenvalue weighted by Crippen LogP contribution is -2.32. The van der Waals surface area contributed by atoms with Crippen molar-refractivity contribution < 1.29 is 4.39 Å². The standard InChI is InChI=1S/C17H20ClFN2/c1-21(8-7-13-5-3-2-4-6-13)17(12-20)14-9-15(18)11-16(19)10-14/h2-6,9-11,17H,7-8,12,20H2,1H3. The summed E-state index contributed by atoms with van der Waals surface area (Å²) in [7, 11) is 2.00. The summed E-state index contributed by atoms with van der Waals surface area (Å²) in [4.78, 5) is 2.14. The summed E-state index contributed by atoms with van der Waals surface area (Å²) in [5, 5.41) is 0.403. The summed E-state index contributed by atoms with van der Waals surface area (Å²) in [6, 6.07) is 14.8. The molecule has 21 heavy (non-hydrogen) atoms. The molecule has 2 N–H and O–H groups in total. The summed E-state index contributed by atoms with van der Waals surface area (Å²) in [6.07, 6.45) is 0.927. The molecule has 2 aromatic carbocycles. The molecule has 112 valence electrons. The lowest BCUT2D eigenvalue weighted by molar-refractivity contribution is 0.253. The summed E-state index contributed by atoms with van der Waals surface area (Å²) in [5.41, 5.74) is 7.96. The Morgan fingerprint density at radius 1 is 1.19 bits per heavy atom. The Morgan fingerprint density at radius 2 is 1.90 bits per heavy atom. The third kappa shape index (κ3) is 4.53. The van der Waals surface area contributed by atoms with Crippen LogP contribution in [0.2, 0.25) is 5.02 Å². The number of nitrogens with zero attached hydrogens (tertiary/aromatic N) is 1. The van der Waals surface area contributed by atoms with Crippen molar-refractivity contribution in [2.45, 2.75) is 12.5 Å². The number of nitrogens with two attached hydrogens (primary N) is 1. The van der Waals surface area contributed by atoms with E-state index in [-0.39, 0.29) is 11.9 Å². The Hall–Kier alpha value is -1.42. The highest BCUT2D eigenvalue weighted by Crippen LogP contribution is 2.23. The van der Waals surface area contributed by atoms with E-state index in [1.54, 1.807) is 6.07 Å². The van der Waals surface area contributed by atoms with Crippen molar-refractivity contribution in [2.75, 3.05) is 20.1 Å². The first kappa shape index (κ1) is 16.0. The minimum Gasteiger partial charge on any atom is -0.329 e. The third-order valence-electron chi connectivity index (χ3n) is 3.62. The smallest absolute Gasteiger partial charge is 0.125 e. The minimum absolute atomic E-state index is 0.0399. The van der Waals surface area contributed by atoms with Gasteiger partial charge in [0.2, 0.25) is 0 Å². The van der Waals surface area contributed by atoms with E-state index in [4.69, 9.17) is 17.3 Å². The number of hydrogen-bond donors (Lipinski definition) is 1. The van der Waals surface area contributed by atoms with Crippen molar-refractivity contribution in [3.05, 3.63) is 70.5 Å². The van der Waals surface area contributed by atoms with Gasteiger partial charge >= 0.3 is 0 Å². The van der Waals surface area contributed by atoms with Gasteiger partial charge in [0, 0.05) is 24.2 Å². The Morgan fingerprint density at radius 3 is 2.52 bits per heavy atom. The Balaban J connectivity index is 2.06. The molecule has 0 aliphatic carbocycles. The number of likely N-dealkylation sites (N-methyl/N-ethyl adjacent to an activating group) is 1. The van der Waals surface area contributed by atoms with Crippen LogP contribution in [0.1, 0.15) is 17.2 Å². The molecule has 0 aliphatic heterocycles. The van der Waals surface area contributed by atoms with E-state index in [0.717, 1.165) is 18.5 Å². The maximum absolute atomic E-state index is 13.5. The first-order valence-electron chi connectivity index (χ1n) is 7.00. The van der Waals surface area contributed by atoms with Crippen molar-refractivity contribution in [3.8, 4) is 0 Å². The molecule has 0 aromatic heterocycles. The monoisotopic (exact) mass is 306 g/mol. The molecule has 2 rings (SSSR count). The van der Waals surface area contributed by atoms with Crippen LogP contribution in [0.4, 0.5) is 4.39 Å². The van der Waals surface area contributed by atoms with Crippen LogP contribution in [0.5, 0.6) is 0 Å². The largest absolute Gasteiger partial charge is 0.329 e. The number of rotatable bonds is 6. The van der Waals surface area contributed by atoms with Crippen LogP contribution in [0.3, 0.4) is 0 Å². The van der Waals surface area contributed by atoms with Gasteiger partial charge in [-0.15, -0.1) is 0 Å². The molecule has 0 heterocycles. The van der Waals surface area contributed by atoms with Gasteiger partial charge < -0.3 is 5.73 Å². The molecule has 2 aromatic rings. The predicted molar refractivity (Wildman–Crippen MR) is 86.0 cm³/mol. The van der Waals surface area contributed by atoms with Gasteiger partial charge in [-0.2, -0.15) is 0 Å². The second-order valence-corrected chi connectivity index (χ2v) is 5.61. The van der Waals surface area contributed by atoms with E-state index >= 15 is 0 Å². The zero-order chi connectivity index (χ0) is 15.2. The fourth-order valence-corrected chi connectivity index (χ4v) is 2.67. The van der Waals surface area contributed by atoms with Crippen LogP contribution in [0, 0.1) is 5.82 Å². The molecule has 0 spiro atoms. The van der Waals surface area contributed by atoms with Crippen molar-refractivity contribution in [1.82, 2.24) is 4.90 Å². The molecule has 1 unspecified atom stereocenters. The van der Waals surface area contributed by atoms with Crippen LogP contribution in [0.15, 0.2) is 48.5 Å². The average molecular weight is 307 g/mol. The van der Waals surface area contributed by atoms with Gasteiger partial charge in [0.25, 0.3) is 0 Å². The van der Waals surface area contributed by atoms with Crippen molar-refractivity contribution >= 4 is 11.6 Å². The molecular formula is C17H20ClFN2. The number of halogens is 2. The zero-order valence-corrected chi connectivity index (χ0v) is 12.9. The zero-order valence-electron chi connectivity index (χ0n) is 12.1. The van der Waals surface area contributed by atoms with Crippen LogP contribution >= 0.6 is 11.6 Å². The highest BCUT2D eigenvalue weighted by Gasteiger charge is 2.16. The molecule has 0 amide bonds. The summed E-state index contributed by atoms with van der Waals surface area (Å²) < 4.78 is 13.5. The number of hydrogen-bond acceptors (Lipinski definition) is 2. The molecule has 0 radical (unpaired) electrons. The van der Waals surface area contributed by atoms with Crippen LogP contribution in [-0.2, 0) is 6.42 Å². The van der Waals surface area contributed by atoms with Crippen molar-refractivity contribution in [3.63, 3.8) is 0 Å².